The minimum Gasteiger partial charge on any atom is -0.378 e. The Morgan fingerprint density at radius 3 is 2.93 bits per heavy atom. The van der Waals surface area contributed by atoms with Gasteiger partial charge in [0.1, 0.15) is 0 Å². The van der Waals surface area contributed by atoms with Crippen molar-refractivity contribution in [2.75, 3.05) is 5.32 Å². The van der Waals surface area contributed by atoms with Crippen molar-refractivity contribution in [3.05, 3.63) is 40.9 Å². The predicted molar refractivity (Wildman–Crippen MR) is 62.5 cm³/mol. The van der Waals surface area contributed by atoms with Gasteiger partial charge >= 0.3 is 0 Å². The van der Waals surface area contributed by atoms with Crippen LogP contribution < -0.4 is 5.32 Å². The first kappa shape index (κ1) is 10.2. The standard InChI is InChI=1S/C10H11BrN4/c1-15-8(2-5-14-15)6-13-10-3-4-12-7-9(10)11/h2-5,7H,6H2,1H3,(H,12,13). The lowest BCUT2D eigenvalue weighted by Crippen LogP contribution is -2.05. The lowest BCUT2D eigenvalue weighted by molar-refractivity contribution is 0.720. The van der Waals surface area contributed by atoms with Gasteiger partial charge in [0.25, 0.3) is 0 Å². The quantitative estimate of drug-likeness (QED) is 0.926. The van der Waals surface area contributed by atoms with Gasteiger partial charge in [-0.05, 0) is 28.1 Å². The Morgan fingerprint density at radius 1 is 1.40 bits per heavy atom. The van der Waals surface area contributed by atoms with Gasteiger partial charge in [-0.15, -0.1) is 0 Å². The maximum absolute atomic E-state index is 4.10. The van der Waals surface area contributed by atoms with Gasteiger partial charge in [0.2, 0.25) is 0 Å². The molecule has 0 saturated carbocycles. The molecule has 1 N–H and O–H groups in total. The largest absolute Gasteiger partial charge is 0.378 e. The number of anilines is 1. The van der Waals surface area contributed by atoms with E-state index >= 15 is 0 Å². The van der Waals surface area contributed by atoms with Crippen LogP contribution in [0.4, 0.5) is 5.69 Å². The second kappa shape index (κ2) is 4.44. The van der Waals surface area contributed by atoms with E-state index in [2.05, 4.69) is 31.3 Å². The number of hydrogen-bond donors (Lipinski definition) is 1. The molecule has 0 aromatic carbocycles. The monoisotopic (exact) mass is 266 g/mol. The Hall–Kier alpha value is -1.36. The zero-order valence-corrected chi connectivity index (χ0v) is 9.90. The van der Waals surface area contributed by atoms with Crippen molar-refractivity contribution < 1.29 is 0 Å². The Balaban J connectivity index is 2.06. The zero-order valence-electron chi connectivity index (χ0n) is 8.31. The van der Waals surface area contributed by atoms with Crippen molar-refractivity contribution in [3.8, 4) is 0 Å². The van der Waals surface area contributed by atoms with Crippen LogP contribution in [0.25, 0.3) is 0 Å². The van der Waals surface area contributed by atoms with E-state index in [0.29, 0.717) is 0 Å². The van der Waals surface area contributed by atoms with E-state index in [1.54, 1.807) is 18.6 Å². The minimum atomic E-state index is 0.749. The molecule has 0 spiro atoms. The topological polar surface area (TPSA) is 42.7 Å². The van der Waals surface area contributed by atoms with Crippen molar-refractivity contribution in [3.63, 3.8) is 0 Å². The summed E-state index contributed by atoms with van der Waals surface area (Å²) in [7, 11) is 1.93. The zero-order chi connectivity index (χ0) is 10.7. The second-order valence-electron chi connectivity index (χ2n) is 3.16. The summed E-state index contributed by atoms with van der Waals surface area (Å²) in [5, 5.41) is 7.41. The van der Waals surface area contributed by atoms with Gasteiger partial charge in [0, 0.05) is 25.6 Å². The van der Waals surface area contributed by atoms with Crippen LogP contribution in [-0.2, 0) is 13.6 Å². The highest BCUT2D eigenvalue weighted by molar-refractivity contribution is 9.10. The molecule has 0 aliphatic heterocycles. The molecule has 0 amide bonds. The molecule has 2 aromatic heterocycles. The van der Waals surface area contributed by atoms with Crippen molar-refractivity contribution in [2.45, 2.75) is 6.54 Å². The maximum atomic E-state index is 4.10. The van der Waals surface area contributed by atoms with E-state index in [-0.39, 0.29) is 0 Å². The molecular weight excluding hydrogens is 256 g/mol. The third-order valence-electron chi connectivity index (χ3n) is 2.15. The highest BCUT2D eigenvalue weighted by Crippen LogP contribution is 2.20. The molecule has 0 unspecified atom stereocenters. The van der Waals surface area contributed by atoms with Gasteiger partial charge in [0.05, 0.1) is 22.4 Å². The molecule has 0 aliphatic rings. The fraction of sp³-hybridized carbons (Fsp3) is 0.200. The number of pyridine rings is 1. The number of halogens is 1. The smallest absolute Gasteiger partial charge is 0.0590 e. The van der Waals surface area contributed by atoms with Crippen molar-refractivity contribution in [1.29, 1.82) is 0 Å². The molecule has 0 fully saturated rings. The fourth-order valence-corrected chi connectivity index (χ4v) is 1.67. The molecule has 0 aliphatic carbocycles. The van der Waals surface area contributed by atoms with Gasteiger partial charge in [-0.1, -0.05) is 0 Å². The van der Waals surface area contributed by atoms with Gasteiger partial charge in [-0.2, -0.15) is 5.10 Å². The van der Waals surface area contributed by atoms with Crippen molar-refractivity contribution >= 4 is 21.6 Å². The highest BCUT2D eigenvalue weighted by atomic mass is 79.9. The predicted octanol–water partition coefficient (Wildman–Crippen LogP) is 2.19. The average molecular weight is 267 g/mol. The average Bonchev–Trinajstić information content (AvgIpc) is 2.63. The molecule has 0 bridgehead atoms. The third kappa shape index (κ3) is 2.36. The SMILES string of the molecule is Cn1nccc1CNc1ccncc1Br. The molecule has 15 heavy (non-hydrogen) atoms. The van der Waals surface area contributed by atoms with E-state index < -0.39 is 0 Å². The van der Waals surface area contributed by atoms with Crippen LogP contribution in [-0.4, -0.2) is 14.8 Å². The van der Waals surface area contributed by atoms with Crippen molar-refractivity contribution in [1.82, 2.24) is 14.8 Å². The van der Waals surface area contributed by atoms with Crippen LogP contribution in [0, 0.1) is 0 Å². The molecule has 2 aromatic rings. The number of hydrogen-bond acceptors (Lipinski definition) is 3. The summed E-state index contributed by atoms with van der Waals surface area (Å²) in [6.45, 7) is 0.749. The van der Waals surface area contributed by atoms with Crippen LogP contribution >= 0.6 is 15.9 Å². The van der Waals surface area contributed by atoms with Gasteiger partial charge < -0.3 is 5.32 Å². The Morgan fingerprint density at radius 2 is 2.27 bits per heavy atom. The molecule has 0 saturated heterocycles. The Kier molecular flexibility index (Phi) is 3.01. The van der Waals surface area contributed by atoms with Crippen LogP contribution in [0.1, 0.15) is 5.69 Å². The number of nitrogens with zero attached hydrogens (tertiary/aromatic N) is 3. The first-order chi connectivity index (χ1) is 7.27. The van der Waals surface area contributed by atoms with Gasteiger partial charge in [-0.25, -0.2) is 0 Å². The summed E-state index contributed by atoms with van der Waals surface area (Å²) >= 11 is 3.43. The lowest BCUT2D eigenvalue weighted by Gasteiger charge is -2.07. The van der Waals surface area contributed by atoms with E-state index in [4.69, 9.17) is 0 Å². The second-order valence-corrected chi connectivity index (χ2v) is 4.01. The Bertz CT molecular complexity index is 452. The van der Waals surface area contributed by atoms with E-state index in [0.717, 1.165) is 22.4 Å². The maximum Gasteiger partial charge on any atom is 0.0590 e. The molecular formula is C10H11BrN4. The number of rotatable bonds is 3. The summed E-state index contributed by atoms with van der Waals surface area (Å²) < 4.78 is 2.81. The number of nitrogens with one attached hydrogen (secondary N) is 1. The molecule has 2 heterocycles. The summed E-state index contributed by atoms with van der Waals surface area (Å²) in [4.78, 5) is 4.00. The fourth-order valence-electron chi connectivity index (χ4n) is 1.28. The van der Waals surface area contributed by atoms with E-state index in [1.807, 2.05) is 23.9 Å². The van der Waals surface area contributed by atoms with E-state index in [1.165, 1.54) is 0 Å². The molecule has 2 rings (SSSR count). The highest BCUT2D eigenvalue weighted by Gasteiger charge is 2.00. The minimum absolute atomic E-state index is 0.749. The van der Waals surface area contributed by atoms with Crippen LogP contribution in [0.15, 0.2) is 35.2 Å². The summed E-state index contributed by atoms with van der Waals surface area (Å²) in [6.07, 6.45) is 5.32. The molecule has 5 heteroatoms. The molecule has 78 valence electrons. The summed E-state index contributed by atoms with van der Waals surface area (Å²) in [5.74, 6) is 0. The van der Waals surface area contributed by atoms with Crippen LogP contribution in [0.5, 0.6) is 0 Å². The third-order valence-corrected chi connectivity index (χ3v) is 2.79. The van der Waals surface area contributed by atoms with Crippen molar-refractivity contribution in [2.24, 2.45) is 7.05 Å². The Labute approximate surface area is 96.5 Å². The normalized spacial score (nSPS) is 10.3. The van der Waals surface area contributed by atoms with E-state index in [9.17, 15) is 0 Å². The van der Waals surface area contributed by atoms with Crippen LogP contribution in [0.3, 0.4) is 0 Å². The number of aryl methyl sites for hydroxylation is 1. The summed E-state index contributed by atoms with van der Waals surface area (Å²) in [6, 6.07) is 3.92. The molecule has 0 atom stereocenters. The molecule has 4 nitrogen and oxygen atoms in total. The summed E-state index contributed by atoms with van der Waals surface area (Å²) in [5.41, 5.74) is 2.17. The molecule has 0 radical (unpaired) electrons. The lowest BCUT2D eigenvalue weighted by atomic mass is 10.3. The number of aromatic nitrogens is 3. The van der Waals surface area contributed by atoms with Gasteiger partial charge in [-0.3, -0.25) is 9.67 Å². The first-order valence-corrected chi connectivity index (χ1v) is 5.37. The van der Waals surface area contributed by atoms with Gasteiger partial charge in [0.15, 0.2) is 0 Å². The van der Waals surface area contributed by atoms with Crippen LogP contribution in [0.2, 0.25) is 0 Å². The first-order valence-electron chi connectivity index (χ1n) is 4.57.